The number of hydrogen-bond acceptors (Lipinski definition) is 5. The molecule has 1 N–H and O–H groups in total. The molecule has 1 atom stereocenters. The molecule has 5 heteroatoms. The topological polar surface area (TPSA) is 56.3 Å². The summed E-state index contributed by atoms with van der Waals surface area (Å²) < 4.78 is 10.5. The molecule has 0 aliphatic rings. The van der Waals surface area contributed by atoms with Gasteiger partial charge in [0.15, 0.2) is 0 Å². The van der Waals surface area contributed by atoms with Crippen molar-refractivity contribution in [3.8, 4) is 5.88 Å². The summed E-state index contributed by atoms with van der Waals surface area (Å²) in [5.41, 5.74) is 0.908. The highest BCUT2D eigenvalue weighted by molar-refractivity contribution is 5.07. The van der Waals surface area contributed by atoms with Crippen LogP contribution in [-0.2, 0) is 11.3 Å². The minimum Gasteiger partial charge on any atom is -0.471 e. The van der Waals surface area contributed by atoms with E-state index in [0.29, 0.717) is 18.5 Å². The van der Waals surface area contributed by atoms with Gasteiger partial charge < -0.3 is 14.8 Å². The smallest absolute Gasteiger partial charge is 0.232 e. The Labute approximate surface area is 103 Å². The molecule has 0 saturated carbocycles. The normalized spacial score (nSPS) is 12.8. The van der Waals surface area contributed by atoms with E-state index in [0.717, 1.165) is 12.2 Å². The van der Waals surface area contributed by atoms with Crippen molar-refractivity contribution in [3.63, 3.8) is 0 Å². The molecule has 1 heterocycles. The highest BCUT2D eigenvalue weighted by atomic mass is 16.5. The lowest BCUT2D eigenvalue weighted by Crippen LogP contribution is -2.22. The van der Waals surface area contributed by atoms with Crippen molar-refractivity contribution in [2.45, 2.75) is 39.5 Å². The minimum atomic E-state index is -0.0195. The first kappa shape index (κ1) is 13.9. The van der Waals surface area contributed by atoms with Gasteiger partial charge in [0.2, 0.25) is 5.88 Å². The molecule has 17 heavy (non-hydrogen) atoms. The first-order valence-electron chi connectivity index (χ1n) is 5.81. The van der Waals surface area contributed by atoms with E-state index in [4.69, 9.17) is 9.47 Å². The third-order valence-electron chi connectivity index (χ3n) is 2.10. The summed E-state index contributed by atoms with van der Waals surface area (Å²) in [6.07, 6.45) is 3.35. The van der Waals surface area contributed by atoms with Gasteiger partial charge in [0, 0.05) is 19.7 Å². The third-order valence-corrected chi connectivity index (χ3v) is 2.10. The van der Waals surface area contributed by atoms with Crippen molar-refractivity contribution < 1.29 is 9.47 Å². The Morgan fingerprint density at radius 3 is 2.53 bits per heavy atom. The van der Waals surface area contributed by atoms with Crippen molar-refractivity contribution in [2.75, 3.05) is 13.7 Å². The maximum Gasteiger partial charge on any atom is 0.232 e. The second-order valence-corrected chi connectivity index (χ2v) is 4.27. The Balaban J connectivity index is 2.44. The van der Waals surface area contributed by atoms with Crippen LogP contribution in [0.25, 0.3) is 0 Å². The predicted molar refractivity (Wildman–Crippen MR) is 66.0 cm³/mol. The number of rotatable bonds is 7. The van der Waals surface area contributed by atoms with Crippen LogP contribution in [0.5, 0.6) is 5.88 Å². The first-order valence-corrected chi connectivity index (χ1v) is 5.81. The van der Waals surface area contributed by atoms with E-state index >= 15 is 0 Å². The van der Waals surface area contributed by atoms with Crippen LogP contribution < -0.4 is 10.1 Å². The minimum absolute atomic E-state index is 0.0195. The Bertz CT molecular complexity index is 314. The summed E-state index contributed by atoms with van der Waals surface area (Å²) in [7, 11) is 1.65. The SMILES string of the molecule is COCC(C)Oc1cnc(CNC(C)C)cn1. The lowest BCUT2D eigenvalue weighted by Gasteiger charge is -2.12. The first-order chi connectivity index (χ1) is 8.11. The van der Waals surface area contributed by atoms with Gasteiger partial charge in [-0.1, -0.05) is 13.8 Å². The van der Waals surface area contributed by atoms with E-state index in [1.807, 2.05) is 6.92 Å². The summed E-state index contributed by atoms with van der Waals surface area (Å²) in [6.45, 7) is 7.38. The van der Waals surface area contributed by atoms with Crippen LogP contribution >= 0.6 is 0 Å². The molecule has 0 aliphatic heterocycles. The Morgan fingerprint density at radius 1 is 1.24 bits per heavy atom. The van der Waals surface area contributed by atoms with Crippen molar-refractivity contribution in [2.24, 2.45) is 0 Å². The molecule has 0 aromatic carbocycles. The molecule has 0 bridgehead atoms. The van der Waals surface area contributed by atoms with Crippen molar-refractivity contribution >= 4 is 0 Å². The number of methoxy groups -OCH3 is 1. The lowest BCUT2D eigenvalue weighted by atomic mass is 10.3. The average molecular weight is 239 g/mol. The summed E-state index contributed by atoms with van der Waals surface area (Å²) in [6, 6.07) is 0.439. The molecule has 0 spiro atoms. The zero-order valence-corrected chi connectivity index (χ0v) is 10.9. The predicted octanol–water partition coefficient (Wildman–Crippen LogP) is 1.39. The molecule has 0 radical (unpaired) electrons. The van der Waals surface area contributed by atoms with Gasteiger partial charge in [-0.25, -0.2) is 4.98 Å². The molecule has 1 aromatic heterocycles. The van der Waals surface area contributed by atoms with Gasteiger partial charge in [-0.15, -0.1) is 0 Å². The molecule has 0 aliphatic carbocycles. The number of ether oxygens (including phenoxy) is 2. The van der Waals surface area contributed by atoms with E-state index < -0.39 is 0 Å². The average Bonchev–Trinajstić information content (AvgIpc) is 2.28. The van der Waals surface area contributed by atoms with Crippen LogP contribution in [0.1, 0.15) is 26.5 Å². The zero-order valence-electron chi connectivity index (χ0n) is 10.9. The zero-order chi connectivity index (χ0) is 12.7. The Kier molecular flexibility index (Phi) is 5.86. The monoisotopic (exact) mass is 239 g/mol. The van der Waals surface area contributed by atoms with Crippen LogP contribution in [0, 0.1) is 0 Å². The molecular formula is C12H21N3O2. The van der Waals surface area contributed by atoms with Crippen molar-refractivity contribution in [1.29, 1.82) is 0 Å². The quantitative estimate of drug-likeness (QED) is 0.779. The van der Waals surface area contributed by atoms with E-state index in [2.05, 4.69) is 29.1 Å². The van der Waals surface area contributed by atoms with Crippen LogP contribution in [0.2, 0.25) is 0 Å². The molecule has 1 aromatic rings. The summed E-state index contributed by atoms with van der Waals surface area (Å²) in [4.78, 5) is 8.47. The molecule has 0 saturated heterocycles. The van der Waals surface area contributed by atoms with Crippen LogP contribution in [-0.4, -0.2) is 35.8 Å². The number of aromatic nitrogens is 2. The number of nitrogens with one attached hydrogen (secondary N) is 1. The lowest BCUT2D eigenvalue weighted by molar-refractivity contribution is 0.0886. The van der Waals surface area contributed by atoms with Gasteiger partial charge in [0.05, 0.1) is 24.7 Å². The largest absolute Gasteiger partial charge is 0.471 e. The second-order valence-electron chi connectivity index (χ2n) is 4.27. The molecule has 5 nitrogen and oxygen atoms in total. The van der Waals surface area contributed by atoms with E-state index in [-0.39, 0.29) is 6.10 Å². The molecular weight excluding hydrogens is 218 g/mol. The summed E-state index contributed by atoms with van der Waals surface area (Å²) >= 11 is 0. The van der Waals surface area contributed by atoms with E-state index in [1.165, 1.54) is 0 Å². The van der Waals surface area contributed by atoms with Gasteiger partial charge >= 0.3 is 0 Å². The highest BCUT2D eigenvalue weighted by Gasteiger charge is 2.05. The Morgan fingerprint density at radius 2 is 2.00 bits per heavy atom. The number of hydrogen-bond donors (Lipinski definition) is 1. The van der Waals surface area contributed by atoms with Crippen LogP contribution in [0.4, 0.5) is 0 Å². The fourth-order valence-electron chi connectivity index (χ4n) is 1.28. The molecule has 1 rings (SSSR count). The molecule has 0 fully saturated rings. The van der Waals surface area contributed by atoms with Gasteiger partial charge in [-0.3, -0.25) is 4.98 Å². The van der Waals surface area contributed by atoms with Gasteiger partial charge in [0.25, 0.3) is 0 Å². The Hall–Kier alpha value is -1.20. The molecule has 1 unspecified atom stereocenters. The molecule has 96 valence electrons. The highest BCUT2D eigenvalue weighted by Crippen LogP contribution is 2.06. The third kappa shape index (κ3) is 5.60. The molecule has 0 amide bonds. The summed E-state index contributed by atoms with van der Waals surface area (Å²) in [5.74, 6) is 0.530. The van der Waals surface area contributed by atoms with Gasteiger partial charge in [0.1, 0.15) is 6.10 Å². The number of nitrogens with zero attached hydrogens (tertiary/aromatic N) is 2. The maximum absolute atomic E-state index is 5.52. The van der Waals surface area contributed by atoms with Gasteiger partial charge in [-0.2, -0.15) is 0 Å². The van der Waals surface area contributed by atoms with Crippen LogP contribution in [0.15, 0.2) is 12.4 Å². The van der Waals surface area contributed by atoms with Crippen LogP contribution in [0.3, 0.4) is 0 Å². The second kappa shape index (κ2) is 7.19. The van der Waals surface area contributed by atoms with E-state index in [9.17, 15) is 0 Å². The fraction of sp³-hybridized carbons (Fsp3) is 0.667. The fourth-order valence-corrected chi connectivity index (χ4v) is 1.28. The van der Waals surface area contributed by atoms with E-state index in [1.54, 1.807) is 19.5 Å². The summed E-state index contributed by atoms with van der Waals surface area (Å²) in [5, 5.41) is 3.28. The standard InChI is InChI=1S/C12H21N3O2/c1-9(2)13-5-11-6-15-12(7-14-11)17-10(3)8-16-4/h6-7,9-10,13H,5,8H2,1-4H3. The van der Waals surface area contributed by atoms with Crippen molar-refractivity contribution in [3.05, 3.63) is 18.1 Å². The van der Waals surface area contributed by atoms with Crippen molar-refractivity contribution in [1.82, 2.24) is 15.3 Å². The van der Waals surface area contributed by atoms with Gasteiger partial charge in [-0.05, 0) is 6.92 Å². The maximum atomic E-state index is 5.52.